The first kappa shape index (κ1) is 28.4. The number of benzene rings is 3. The predicted octanol–water partition coefficient (Wildman–Crippen LogP) is 5.31. The lowest BCUT2D eigenvalue weighted by atomic mass is 10.1. The summed E-state index contributed by atoms with van der Waals surface area (Å²) in [6.45, 7) is 5.13. The van der Waals surface area contributed by atoms with E-state index < -0.39 is 23.6 Å². The zero-order chi connectivity index (χ0) is 28.8. The third-order valence-corrected chi connectivity index (χ3v) is 6.93. The minimum absolute atomic E-state index is 0.179. The Balaban J connectivity index is 1.40. The lowest BCUT2D eigenvalue weighted by molar-refractivity contribution is -0.127. The van der Waals surface area contributed by atoms with Crippen molar-refractivity contribution in [1.82, 2.24) is 4.90 Å². The largest absolute Gasteiger partial charge is 0.493 e. The highest BCUT2D eigenvalue weighted by molar-refractivity contribution is 8.18. The zero-order valence-corrected chi connectivity index (χ0v) is 23.4. The SMILES string of the molecule is COc1cc(/C=C2\SC(=O)N(CC(=O)Nc3c(C)cc(C)cc3C)C2=O)ccc1OCC(=O)Nc1ccccc1. The van der Waals surface area contributed by atoms with Crippen LogP contribution in [0.1, 0.15) is 22.3 Å². The van der Waals surface area contributed by atoms with Gasteiger partial charge in [0.15, 0.2) is 18.1 Å². The molecule has 0 aromatic heterocycles. The highest BCUT2D eigenvalue weighted by Crippen LogP contribution is 2.34. The minimum Gasteiger partial charge on any atom is -0.493 e. The molecular weight excluding hydrogens is 530 g/mol. The molecule has 0 saturated carbocycles. The maximum Gasteiger partial charge on any atom is 0.294 e. The first-order chi connectivity index (χ1) is 19.1. The summed E-state index contributed by atoms with van der Waals surface area (Å²) in [5.74, 6) is -0.654. The number of ether oxygens (including phenoxy) is 2. The maximum absolute atomic E-state index is 13.0. The van der Waals surface area contributed by atoms with Crippen LogP contribution in [0.5, 0.6) is 11.5 Å². The maximum atomic E-state index is 13.0. The van der Waals surface area contributed by atoms with Crippen molar-refractivity contribution >= 4 is 52.2 Å². The van der Waals surface area contributed by atoms with Gasteiger partial charge in [0.05, 0.1) is 12.0 Å². The first-order valence-corrected chi connectivity index (χ1v) is 13.2. The molecule has 1 saturated heterocycles. The van der Waals surface area contributed by atoms with Gasteiger partial charge in [0.2, 0.25) is 5.91 Å². The van der Waals surface area contributed by atoms with E-state index in [9.17, 15) is 19.2 Å². The molecule has 1 fully saturated rings. The number of methoxy groups -OCH3 is 1. The second-order valence-corrected chi connectivity index (χ2v) is 10.2. The Morgan fingerprint density at radius 3 is 2.27 bits per heavy atom. The highest BCUT2D eigenvalue weighted by atomic mass is 32.2. The summed E-state index contributed by atoms with van der Waals surface area (Å²) < 4.78 is 11.0. The summed E-state index contributed by atoms with van der Waals surface area (Å²) >= 11 is 0.759. The molecule has 1 aliphatic heterocycles. The Morgan fingerprint density at radius 1 is 0.900 bits per heavy atom. The van der Waals surface area contributed by atoms with Crippen LogP contribution in [-0.2, 0) is 14.4 Å². The van der Waals surface area contributed by atoms with Crippen LogP contribution < -0.4 is 20.1 Å². The molecular formula is C30H29N3O6S. The van der Waals surface area contributed by atoms with Gasteiger partial charge in [-0.1, -0.05) is 42.0 Å². The fourth-order valence-corrected chi connectivity index (χ4v) is 5.08. The molecule has 9 nitrogen and oxygen atoms in total. The third kappa shape index (κ3) is 6.89. The van der Waals surface area contributed by atoms with Crippen LogP contribution in [0.4, 0.5) is 16.2 Å². The van der Waals surface area contributed by atoms with E-state index in [1.54, 1.807) is 36.4 Å². The van der Waals surface area contributed by atoms with Crippen molar-refractivity contribution in [3.05, 3.63) is 87.8 Å². The monoisotopic (exact) mass is 559 g/mol. The summed E-state index contributed by atoms with van der Waals surface area (Å²) in [5.41, 5.74) is 4.79. The van der Waals surface area contributed by atoms with Gasteiger partial charge in [0.1, 0.15) is 6.54 Å². The Kier molecular flexibility index (Phi) is 8.90. The zero-order valence-electron chi connectivity index (χ0n) is 22.6. The van der Waals surface area contributed by atoms with Crippen LogP contribution in [0, 0.1) is 20.8 Å². The molecule has 0 unspecified atom stereocenters. The lowest BCUT2D eigenvalue weighted by Gasteiger charge is -2.16. The fourth-order valence-electron chi connectivity index (χ4n) is 4.24. The number of amides is 4. The number of imide groups is 1. The molecule has 4 amide bonds. The molecule has 10 heteroatoms. The van der Waals surface area contributed by atoms with E-state index in [1.165, 1.54) is 7.11 Å². The van der Waals surface area contributed by atoms with Crippen LogP contribution in [0.2, 0.25) is 0 Å². The van der Waals surface area contributed by atoms with E-state index >= 15 is 0 Å². The van der Waals surface area contributed by atoms with Crippen molar-refractivity contribution in [3.8, 4) is 11.5 Å². The number of carbonyl (C=O) groups excluding carboxylic acids is 4. The van der Waals surface area contributed by atoms with Gasteiger partial charge in [0.25, 0.3) is 17.1 Å². The van der Waals surface area contributed by atoms with Crippen LogP contribution in [-0.4, -0.2) is 48.1 Å². The summed E-state index contributed by atoms with van der Waals surface area (Å²) in [4.78, 5) is 51.6. The summed E-state index contributed by atoms with van der Waals surface area (Å²) in [7, 11) is 1.46. The van der Waals surface area contributed by atoms with Crippen molar-refractivity contribution in [2.24, 2.45) is 0 Å². The standard InChI is InChI=1S/C30H29N3O6S/c1-18-12-19(2)28(20(3)13-18)32-26(34)16-33-29(36)25(40-30(33)37)15-21-10-11-23(24(14-21)38-4)39-17-27(35)31-22-8-6-5-7-9-22/h5-15H,16-17H2,1-4H3,(H,31,35)(H,32,34)/b25-15-. The van der Waals surface area contributed by atoms with Crippen molar-refractivity contribution in [2.75, 3.05) is 30.9 Å². The number of nitrogens with zero attached hydrogens (tertiary/aromatic N) is 1. The fraction of sp³-hybridized carbons (Fsp3) is 0.200. The van der Waals surface area contributed by atoms with Crippen LogP contribution in [0.3, 0.4) is 0 Å². The van der Waals surface area contributed by atoms with E-state index in [0.717, 1.165) is 33.4 Å². The average molecular weight is 560 g/mol. The van der Waals surface area contributed by atoms with Gasteiger partial charge in [-0.25, -0.2) is 0 Å². The first-order valence-electron chi connectivity index (χ1n) is 12.4. The Morgan fingerprint density at radius 2 is 1.60 bits per heavy atom. The number of carbonyl (C=O) groups is 4. The molecule has 3 aromatic rings. The number of thioether (sulfide) groups is 1. The molecule has 1 aliphatic rings. The third-order valence-electron chi connectivity index (χ3n) is 6.02. The smallest absolute Gasteiger partial charge is 0.294 e. The van der Waals surface area contributed by atoms with Gasteiger partial charge in [-0.05, 0) is 79.6 Å². The van der Waals surface area contributed by atoms with Crippen molar-refractivity contribution < 1.29 is 28.7 Å². The quantitative estimate of drug-likeness (QED) is 0.342. The van der Waals surface area contributed by atoms with Gasteiger partial charge in [-0.2, -0.15) is 0 Å². The van der Waals surface area contributed by atoms with Crippen molar-refractivity contribution in [2.45, 2.75) is 20.8 Å². The molecule has 3 aromatic carbocycles. The van der Waals surface area contributed by atoms with Gasteiger partial charge in [0, 0.05) is 11.4 Å². The van der Waals surface area contributed by atoms with E-state index in [0.29, 0.717) is 28.4 Å². The second kappa shape index (κ2) is 12.5. The number of hydrogen-bond acceptors (Lipinski definition) is 7. The molecule has 40 heavy (non-hydrogen) atoms. The average Bonchev–Trinajstić information content (AvgIpc) is 3.17. The van der Waals surface area contributed by atoms with Gasteiger partial charge >= 0.3 is 0 Å². The molecule has 0 atom stereocenters. The van der Waals surface area contributed by atoms with Crippen LogP contribution in [0.15, 0.2) is 65.6 Å². The van der Waals surface area contributed by atoms with Crippen molar-refractivity contribution in [1.29, 1.82) is 0 Å². The molecule has 0 aliphatic carbocycles. The molecule has 0 spiro atoms. The number of nitrogens with one attached hydrogen (secondary N) is 2. The summed E-state index contributed by atoms with van der Waals surface area (Å²) in [5, 5.41) is 5.03. The van der Waals surface area contributed by atoms with Crippen molar-refractivity contribution in [3.63, 3.8) is 0 Å². The number of rotatable bonds is 9. The molecule has 0 bridgehead atoms. The second-order valence-electron chi connectivity index (χ2n) is 9.20. The van der Waals surface area contributed by atoms with E-state index in [-0.39, 0.29) is 17.4 Å². The Bertz CT molecular complexity index is 1480. The highest BCUT2D eigenvalue weighted by Gasteiger charge is 2.36. The molecule has 2 N–H and O–H groups in total. The topological polar surface area (TPSA) is 114 Å². The number of aryl methyl sites for hydroxylation is 3. The Labute approximate surface area is 236 Å². The van der Waals surface area contributed by atoms with Crippen LogP contribution >= 0.6 is 11.8 Å². The van der Waals surface area contributed by atoms with Gasteiger partial charge in [-0.3, -0.25) is 24.1 Å². The lowest BCUT2D eigenvalue weighted by Crippen LogP contribution is -2.36. The van der Waals surface area contributed by atoms with E-state index in [4.69, 9.17) is 9.47 Å². The normalized spacial score (nSPS) is 13.9. The number of hydrogen-bond donors (Lipinski definition) is 2. The molecule has 1 heterocycles. The van der Waals surface area contributed by atoms with Gasteiger partial charge < -0.3 is 20.1 Å². The summed E-state index contributed by atoms with van der Waals surface area (Å²) in [6.07, 6.45) is 1.55. The molecule has 0 radical (unpaired) electrons. The predicted molar refractivity (Wildman–Crippen MR) is 156 cm³/mol. The number of anilines is 2. The van der Waals surface area contributed by atoms with Gasteiger partial charge in [-0.15, -0.1) is 0 Å². The van der Waals surface area contributed by atoms with E-state index in [1.807, 2.05) is 51.1 Å². The summed E-state index contributed by atoms with van der Waals surface area (Å²) in [6, 6.07) is 17.9. The number of para-hydroxylation sites is 1. The minimum atomic E-state index is -0.556. The van der Waals surface area contributed by atoms with E-state index in [2.05, 4.69) is 10.6 Å². The molecule has 206 valence electrons. The van der Waals surface area contributed by atoms with Crippen LogP contribution in [0.25, 0.3) is 6.08 Å². The molecule has 4 rings (SSSR count). The Hall–Kier alpha value is -4.57.